The van der Waals surface area contributed by atoms with Gasteiger partial charge in [0.1, 0.15) is 5.69 Å². The fourth-order valence-electron chi connectivity index (χ4n) is 2.63. The Kier molecular flexibility index (Phi) is 3.23. The van der Waals surface area contributed by atoms with E-state index in [1.807, 2.05) is 24.3 Å². The summed E-state index contributed by atoms with van der Waals surface area (Å²) < 4.78 is 38.1. The van der Waals surface area contributed by atoms with Gasteiger partial charge in [0.15, 0.2) is 0 Å². The van der Waals surface area contributed by atoms with Crippen molar-refractivity contribution in [3.05, 3.63) is 53.3 Å². The van der Waals surface area contributed by atoms with Crippen LogP contribution in [0.1, 0.15) is 16.8 Å². The van der Waals surface area contributed by atoms with Crippen molar-refractivity contribution in [1.82, 2.24) is 4.98 Å². The maximum atomic E-state index is 12.7. The maximum Gasteiger partial charge on any atom is 0.433 e. The number of hydrogen-bond donors (Lipinski definition) is 2. The van der Waals surface area contributed by atoms with E-state index >= 15 is 0 Å². The molecular formula is C15H14F3N3. The number of anilines is 2. The zero-order valence-electron chi connectivity index (χ0n) is 11.1. The number of aromatic nitrogens is 1. The summed E-state index contributed by atoms with van der Waals surface area (Å²) in [4.78, 5) is 3.33. The number of nitrogen functional groups attached to an aromatic ring is 1. The molecular weight excluding hydrogens is 279 g/mol. The molecule has 2 aromatic rings. The van der Waals surface area contributed by atoms with Gasteiger partial charge in [-0.25, -0.2) is 4.98 Å². The Morgan fingerprint density at radius 1 is 1.14 bits per heavy atom. The van der Waals surface area contributed by atoms with Crippen molar-refractivity contribution in [2.75, 3.05) is 11.1 Å². The van der Waals surface area contributed by atoms with Gasteiger partial charge in [0.2, 0.25) is 0 Å². The van der Waals surface area contributed by atoms with E-state index in [4.69, 9.17) is 5.73 Å². The molecule has 0 aliphatic heterocycles. The molecule has 0 amide bonds. The minimum atomic E-state index is -4.47. The molecule has 0 unspecified atom stereocenters. The molecule has 1 aromatic heterocycles. The van der Waals surface area contributed by atoms with Crippen LogP contribution in [-0.2, 0) is 19.0 Å². The number of nitrogens with one attached hydrogen (secondary N) is 1. The number of pyridine rings is 1. The average Bonchev–Trinajstić information content (AvgIpc) is 2.82. The predicted octanol–water partition coefficient (Wildman–Crippen LogP) is 3.26. The van der Waals surface area contributed by atoms with Gasteiger partial charge in [-0.05, 0) is 30.0 Å². The lowest BCUT2D eigenvalue weighted by Crippen LogP contribution is -2.21. The van der Waals surface area contributed by atoms with E-state index in [0.717, 1.165) is 25.1 Å². The highest BCUT2D eigenvalue weighted by molar-refractivity contribution is 5.66. The maximum absolute atomic E-state index is 12.7. The molecule has 1 aromatic carbocycles. The van der Waals surface area contributed by atoms with Gasteiger partial charge >= 0.3 is 6.18 Å². The standard InChI is InChI=1S/C15H14F3N3/c16-15(17,18)14-7-13(12(19)8-20-14)21-11-5-9-3-1-2-4-10(9)6-11/h1-4,7-8,11H,5-6,19H2,(H,20,21). The molecule has 0 saturated carbocycles. The molecule has 0 atom stereocenters. The van der Waals surface area contributed by atoms with Crippen LogP contribution in [0.15, 0.2) is 36.5 Å². The highest BCUT2D eigenvalue weighted by Crippen LogP contribution is 2.32. The normalized spacial score (nSPS) is 15.0. The summed E-state index contributed by atoms with van der Waals surface area (Å²) in [5.74, 6) is 0. The number of alkyl halides is 3. The zero-order chi connectivity index (χ0) is 15.0. The number of fused-ring (bicyclic) bond motifs is 1. The second-order valence-corrected chi connectivity index (χ2v) is 5.17. The van der Waals surface area contributed by atoms with Crippen LogP contribution in [0.2, 0.25) is 0 Å². The molecule has 1 aliphatic carbocycles. The summed E-state index contributed by atoms with van der Waals surface area (Å²) in [5.41, 5.74) is 7.74. The lowest BCUT2D eigenvalue weighted by Gasteiger charge is -2.17. The molecule has 3 N–H and O–H groups in total. The first-order valence-corrected chi connectivity index (χ1v) is 6.59. The Balaban J connectivity index is 1.80. The molecule has 1 heterocycles. The topological polar surface area (TPSA) is 50.9 Å². The summed E-state index contributed by atoms with van der Waals surface area (Å²) in [5, 5.41) is 3.10. The molecule has 0 fully saturated rings. The molecule has 21 heavy (non-hydrogen) atoms. The van der Waals surface area contributed by atoms with Crippen LogP contribution < -0.4 is 11.1 Å². The highest BCUT2D eigenvalue weighted by atomic mass is 19.4. The van der Waals surface area contributed by atoms with Gasteiger partial charge in [-0.15, -0.1) is 0 Å². The Bertz CT molecular complexity index is 642. The third-order valence-corrected chi connectivity index (χ3v) is 3.64. The smallest absolute Gasteiger partial charge is 0.396 e. The summed E-state index contributed by atoms with van der Waals surface area (Å²) in [6.07, 6.45) is -1.87. The van der Waals surface area contributed by atoms with Crippen molar-refractivity contribution >= 4 is 11.4 Å². The second-order valence-electron chi connectivity index (χ2n) is 5.17. The highest BCUT2D eigenvalue weighted by Gasteiger charge is 2.33. The van der Waals surface area contributed by atoms with Crippen molar-refractivity contribution in [3.63, 3.8) is 0 Å². The Hall–Kier alpha value is -2.24. The summed E-state index contributed by atoms with van der Waals surface area (Å²) in [7, 11) is 0. The number of nitrogens with zero attached hydrogens (tertiary/aromatic N) is 1. The van der Waals surface area contributed by atoms with E-state index in [9.17, 15) is 13.2 Å². The zero-order valence-corrected chi connectivity index (χ0v) is 11.1. The van der Waals surface area contributed by atoms with E-state index < -0.39 is 11.9 Å². The first-order valence-electron chi connectivity index (χ1n) is 6.59. The van der Waals surface area contributed by atoms with Crippen molar-refractivity contribution in [3.8, 4) is 0 Å². The molecule has 6 heteroatoms. The average molecular weight is 293 g/mol. The Morgan fingerprint density at radius 2 is 1.76 bits per heavy atom. The lowest BCUT2D eigenvalue weighted by atomic mass is 10.1. The molecule has 0 saturated heterocycles. The van der Waals surface area contributed by atoms with Gasteiger partial charge < -0.3 is 11.1 Å². The minimum absolute atomic E-state index is 0.0492. The van der Waals surface area contributed by atoms with Gasteiger partial charge in [0.05, 0.1) is 17.6 Å². The van der Waals surface area contributed by atoms with Gasteiger partial charge in [0, 0.05) is 6.04 Å². The van der Waals surface area contributed by atoms with E-state index in [1.54, 1.807) is 0 Å². The monoisotopic (exact) mass is 293 g/mol. The summed E-state index contributed by atoms with van der Waals surface area (Å²) in [6.45, 7) is 0. The van der Waals surface area contributed by atoms with Crippen molar-refractivity contribution in [1.29, 1.82) is 0 Å². The van der Waals surface area contributed by atoms with Crippen molar-refractivity contribution in [2.45, 2.75) is 25.1 Å². The fraction of sp³-hybridized carbons (Fsp3) is 0.267. The molecule has 1 aliphatic rings. The van der Waals surface area contributed by atoms with Gasteiger partial charge in [-0.3, -0.25) is 0 Å². The van der Waals surface area contributed by atoms with Crippen LogP contribution in [0.3, 0.4) is 0 Å². The molecule has 110 valence electrons. The molecule has 0 bridgehead atoms. The number of halogens is 3. The van der Waals surface area contributed by atoms with Gasteiger partial charge in [0.25, 0.3) is 0 Å². The van der Waals surface area contributed by atoms with Crippen molar-refractivity contribution < 1.29 is 13.2 Å². The minimum Gasteiger partial charge on any atom is -0.396 e. The van der Waals surface area contributed by atoms with E-state index in [0.29, 0.717) is 0 Å². The van der Waals surface area contributed by atoms with E-state index in [-0.39, 0.29) is 17.4 Å². The first kappa shape index (κ1) is 13.7. The second kappa shape index (κ2) is 4.95. The quantitative estimate of drug-likeness (QED) is 0.893. The third kappa shape index (κ3) is 2.79. The van der Waals surface area contributed by atoms with Crippen LogP contribution in [0.25, 0.3) is 0 Å². The summed E-state index contributed by atoms with van der Waals surface area (Å²) >= 11 is 0. The Morgan fingerprint density at radius 3 is 2.33 bits per heavy atom. The first-order chi connectivity index (χ1) is 9.93. The molecule has 3 rings (SSSR count). The Labute approximate surface area is 120 Å². The number of benzene rings is 1. The number of hydrogen-bond acceptors (Lipinski definition) is 3. The van der Waals surface area contributed by atoms with E-state index in [2.05, 4.69) is 10.3 Å². The molecule has 0 radical (unpaired) electrons. The van der Waals surface area contributed by atoms with Crippen LogP contribution in [0.5, 0.6) is 0 Å². The molecule has 3 nitrogen and oxygen atoms in total. The van der Waals surface area contributed by atoms with Gasteiger partial charge in [-0.2, -0.15) is 13.2 Å². The van der Waals surface area contributed by atoms with Crippen LogP contribution in [0.4, 0.5) is 24.5 Å². The number of rotatable bonds is 2. The molecule has 0 spiro atoms. The predicted molar refractivity (Wildman–Crippen MR) is 74.9 cm³/mol. The SMILES string of the molecule is Nc1cnc(C(F)(F)F)cc1NC1Cc2ccccc2C1. The fourth-order valence-corrected chi connectivity index (χ4v) is 2.63. The van der Waals surface area contributed by atoms with Crippen LogP contribution in [0, 0.1) is 0 Å². The van der Waals surface area contributed by atoms with Crippen molar-refractivity contribution in [2.24, 2.45) is 0 Å². The number of nitrogens with two attached hydrogens (primary N) is 1. The van der Waals surface area contributed by atoms with Gasteiger partial charge in [-0.1, -0.05) is 24.3 Å². The third-order valence-electron chi connectivity index (χ3n) is 3.64. The lowest BCUT2D eigenvalue weighted by molar-refractivity contribution is -0.141. The largest absolute Gasteiger partial charge is 0.433 e. The summed E-state index contributed by atoms with van der Waals surface area (Å²) in [6, 6.07) is 9.02. The van der Waals surface area contributed by atoms with Crippen LogP contribution >= 0.6 is 0 Å². The van der Waals surface area contributed by atoms with Crippen LogP contribution in [-0.4, -0.2) is 11.0 Å². The van der Waals surface area contributed by atoms with E-state index in [1.165, 1.54) is 11.1 Å².